The summed E-state index contributed by atoms with van der Waals surface area (Å²) in [4.78, 5) is 3.16. The third-order valence-corrected chi connectivity index (χ3v) is 5.57. The second-order valence-electron chi connectivity index (χ2n) is 4.69. The molecule has 0 aromatic rings. The van der Waals surface area contributed by atoms with Gasteiger partial charge in [0.05, 0.1) is 9.74 Å². The number of nitrogens with zero attached hydrogens (tertiary/aromatic N) is 1. The van der Waals surface area contributed by atoms with E-state index in [0.29, 0.717) is 11.6 Å². The van der Waals surface area contributed by atoms with Crippen molar-refractivity contribution in [1.82, 2.24) is 4.90 Å². The van der Waals surface area contributed by atoms with Gasteiger partial charge in [-0.15, -0.1) is 0 Å². The largest absolute Gasteiger partial charge is 0.396 e. The summed E-state index contributed by atoms with van der Waals surface area (Å²) in [5, 5.41) is 8.72. The molecule has 1 aliphatic rings. The van der Waals surface area contributed by atoms with Crippen molar-refractivity contribution in [3.8, 4) is 0 Å². The van der Waals surface area contributed by atoms with E-state index in [9.17, 15) is 0 Å². The minimum Gasteiger partial charge on any atom is -0.396 e. The molecular weight excluding hydrogens is 252 g/mol. The Bertz CT molecular complexity index is 241. The second kappa shape index (κ2) is 7.56. The Balaban J connectivity index is 2.27. The summed E-state index contributed by atoms with van der Waals surface area (Å²) in [7, 11) is 0. The number of thiocarbonyl (C=S) groups is 1. The fourth-order valence-corrected chi connectivity index (χ4v) is 3.56. The van der Waals surface area contributed by atoms with Crippen LogP contribution in [0.2, 0.25) is 0 Å². The van der Waals surface area contributed by atoms with E-state index in [1.807, 2.05) is 11.8 Å². The Kier molecular flexibility index (Phi) is 6.77. The lowest BCUT2D eigenvalue weighted by Gasteiger charge is -2.40. The zero-order valence-corrected chi connectivity index (χ0v) is 12.3. The van der Waals surface area contributed by atoms with Crippen molar-refractivity contribution in [1.29, 1.82) is 0 Å². The number of hydrogen-bond donors (Lipinski definition) is 2. The van der Waals surface area contributed by atoms with Crippen molar-refractivity contribution in [2.24, 2.45) is 5.73 Å². The summed E-state index contributed by atoms with van der Waals surface area (Å²) in [6.07, 6.45) is 7.48. The number of aliphatic hydroxyl groups excluding tert-OH is 1. The van der Waals surface area contributed by atoms with Crippen LogP contribution in [0.4, 0.5) is 0 Å². The van der Waals surface area contributed by atoms with Crippen LogP contribution >= 0.6 is 24.0 Å². The quantitative estimate of drug-likeness (QED) is 0.547. The maximum atomic E-state index is 8.72. The molecule has 0 unspecified atom stereocenters. The number of thioether (sulfide) groups is 1. The van der Waals surface area contributed by atoms with E-state index in [0.717, 1.165) is 45.3 Å². The summed E-state index contributed by atoms with van der Waals surface area (Å²) in [5.74, 6) is 0. The topological polar surface area (TPSA) is 49.5 Å². The van der Waals surface area contributed by atoms with Crippen LogP contribution in [0.25, 0.3) is 0 Å². The van der Waals surface area contributed by atoms with Gasteiger partial charge >= 0.3 is 0 Å². The number of piperidine rings is 1. The molecule has 0 amide bonds. The Morgan fingerprint density at radius 3 is 2.47 bits per heavy atom. The number of rotatable bonds is 7. The molecule has 1 rings (SSSR count). The molecule has 0 aliphatic carbocycles. The van der Waals surface area contributed by atoms with Gasteiger partial charge in [-0.05, 0) is 58.0 Å². The molecule has 1 aliphatic heterocycles. The van der Waals surface area contributed by atoms with Crippen LogP contribution in [0, 0.1) is 0 Å². The van der Waals surface area contributed by atoms with Crippen LogP contribution < -0.4 is 5.73 Å². The zero-order chi connectivity index (χ0) is 12.7. The number of nitrogens with two attached hydrogens (primary N) is 1. The van der Waals surface area contributed by atoms with Gasteiger partial charge in [-0.2, -0.15) is 11.8 Å². The van der Waals surface area contributed by atoms with E-state index in [4.69, 9.17) is 23.1 Å². The number of hydrogen-bond acceptors (Lipinski definition) is 4. The first-order valence-electron chi connectivity index (χ1n) is 6.33. The molecular formula is C12H24N2OS2. The lowest BCUT2D eigenvalue weighted by atomic mass is 9.95. The van der Waals surface area contributed by atoms with Gasteiger partial charge in [-0.1, -0.05) is 12.2 Å². The van der Waals surface area contributed by atoms with Crippen molar-refractivity contribution in [2.75, 3.05) is 32.5 Å². The second-order valence-corrected chi connectivity index (χ2v) is 6.32. The van der Waals surface area contributed by atoms with E-state index in [2.05, 4.69) is 11.2 Å². The number of aliphatic hydroxyl groups is 1. The highest BCUT2D eigenvalue weighted by Gasteiger charge is 2.36. The number of unbranched alkanes of at least 4 members (excludes halogenated alkanes) is 2. The average Bonchev–Trinajstić information content (AvgIpc) is 2.35. The molecule has 1 fully saturated rings. The third kappa shape index (κ3) is 4.39. The highest BCUT2D eigenvalue weighted by Crippen LogP contribution is 2.34. The molecule has 0 aromatic carbocycles. The first-order valence-corrected chi connectivity index (χ1v) is 7.96. The molecule has 0 bridgehead atoms. The van der Waals surface area contributed by atoms with Crippen LogP contribution in [-0.2, 0) is 0 Å². The van der Waals surface area contributed by atoms with E-state index >= 15 is 0 Å². The summed E-state index contributed by atoms with van der Waals surface area (Å²) < 4.78 is 0.0386. The molecule has 0 radical (unpaired) electrons. The van der Waals surface area contributed by atoms with E-state index in [-0.39, 0.29) is 4.75 Å². The first-order chi connectivity index (χ1) is 8.14. The molecule has 0 saturated carbocycles. The molecule has 0 atom stereocenters. The molecule has 5 heteroatoms. The van der Waals surface area contributed by atoms with Gasteiger partial charge < -0.3 is 15.7 Å². The van der Waals surface area contributed by atoms with Crippen LogP contribution in [-0.4, -0.2) is 52.2 Å². The van der Waals surface area contributed by atoms with E-state index in [1.165, 1.54) is 6.42 Å². The van der Waals surface area contributed by atoms with Crippen molar-refractivity contribution in [2.45, 2.75) is 36.9 Å². The van der Waals surface area contributed by atoms with Crippen molar-refractivity contribution >= 4 is 29.0 Å². The molecule has 1 heterocycles. The van der Waals surface area contributed by atoms with Crippen LogP contribution in [0.15, 0.2) is 0 Å². The van der Waals surface area contributed by atoms with Gasteiger partial charge in [-0.25, -0.2) is 0 Å². The molecule has 3 N–H and O–H groups in total. The molecule has 0 spiro atoms. The summed E-state index contributed by atoms with van der Waals surface area (Å²) in [5.41, 5.74) is 5.86. The maximum absolute atomic E-state index is 8.72. The Labute approximate surface area is 114 Å². The van der Waals surface area contributed by atoms with Gasteiger partial charge in [0.15, 0.2) is 0 Å². The summed E-state index contributed by atoms with van der Waals surface area (Å²) >= 11 is 7.01. The smallest absolute Gasteiger partial charge is 0.0891 e. The van der Waals surface area contributed by atoms with Gasteiger partial charge in [0, 0.05) is 6.61 Å². The minimum atomic E-state index is 0.0386. The van der Waals surface area contributed by atoms with Crippen molar-refractivity contribution in [3.63, 3.8) is 0 Å². The molecule has 0 aromatic heterocycles. The van der Waals surface area contributed by atoms with Gasteiger partial charge in [0.2, 0.25) is 0 Å². The van der Waals surface area contributed by atoms with E-state index in [1.54, 1.807) is 0 Å². The fourth-order valence-electron chi connectivity index (χ4n) is 2.31. The Hall–Kier alpha value is 0.160. The SMILES string of the molecule is CSC1(C(N)=S)CCN(CCCCCO)CC1. The number of likely N-dealkylation sites (tertiary alicyclic amines) is 1. The highest BCUT2D eigenvalue weighted by atomic mass is 32.2. The normalized spacial score (nSPS) is 20.4. The van der Waals surface area contributed by atoms with Gasteiger partial charge in [-0.3, -0.25) is 0 Å². The predicted molar refractivity (Wildman–Crippen MR) is 79.6 cm³/mol. The maximum Gasteiger partial charge on any atom is 0.0891 e. The lowest BCUT2D eigenvalue weighted by Crippen LogP contribution is -2.49. The average molecular weight is 276 g/mol. The zero-order valence-electron chi connectivity index (χ0n) is 10.7. The van der Waals surface area contributed by atoms with E-state index < -0.39 is 0 Å². The molecule has 1 saturated heterocycles. The van der Waals surface area contributed by atoms with Crippen LogP contribution in [0.3, 0.4) is 0 Å². The van der Waals surface area contributed by atoms with Crippen molar-refractivity contribution < 1.29 is 5.11 Å². The van der Waals surface area contributed by atoms with Crippen molar-refractivity contribution in [3.05, 3.63) is 0 Å². The van der Waals surface area contributed by atoms with Gasteiger partial charge in [0.1, 0.15) is 0 Å². The monoisotopic (exact) mass is 276 g/mol. The molecule has 100 valence electrons. The standard InChI is InChI=1S/C12H24N2OS2/c1-17-12(11(13)16)5-8-14(9-6-12)7-3-2-4-10-15/h15H,2-10H2,1H3,(H2,13,16). The summed E-state index contributed by atoms with van der Waals surface area (Å²) in [6, 6.07) is 0. The van der Waals surface area contributed by atoms with Crippen LogP contribution in [0.1, 0.15) is 32.1 Å². The fraction of sp³-hybridized carbons (Fsp3) is 0.917. The Morgan fingerprint density at radius 1 is 1.35 bits per heavy atom. The predicted octanol–water partition coefficient (Wildman–Crippen LogP) is 1.63. The van der Waals surface area contributed by atoms with Gasteiger partial charge in [0.25, 0.3) is 0 Å². The molecule has 17 heavy (non-hydrogen) atoms. The lowest BCUT2D eigenvalue weighted by molar-refractivity contribution is 0.212. The summed E-state index contributed by atoms with van der Waals surface area (Å²) in [6.45, 7) is 3.65. The Morgan fingerprint density at radius 2 is 2.00 bits per heavy atom. The van der Waals surface area contributed by atoms with Crippen LogP contribution in [0.5, 0.6) is 0 Å². The highest BCUT2D eigenvalue weighted by molar-refractivity contribution is 8.01. The molecule has 3 nitrogen and oxygen atoms in total. The third-order valence-electron chi connectivity index (χ3n) is 3.64. The first kappa shape index (κ1) is 15.2. The minimum absolute atomic E-state index is 0.0386.